The monoisotopic (exact) mass is 960 g/mol. The zero-order valence-corrected chi connectivity index (χ0v) is 42.3. The van der Waals surface area contributed by atoms with E-state index >= 15 is 0 Å². The summed E-state index contributed by atoms with van der Waals surface area (Å²) in [5.74, 6) is 0. The third-order valence-corrected chi connectivity index (χ3v) is 17.2. The van der Waals surface area contributed by atoms with E-state index in [1.165, 1.54) is 131 Å². The molecule has 348 valence electrons. The largest absolute Gasteiger partial charge is 0.311 e. The molecular weight excluding hydrogens is 912 g/mol. The van der Waals surface area contributed by atoms with Gasteiger partial charge in [0.15, 0.2) is 0 Å². The van der Waals surface area contributed by atoms with Crippen molar-refractivity contribution in [3.63, 3.8) is 0 Å². The highest BCUT2D eigenvalue weighted by Crippen LogP contribution is 2.51. The number of benzene rings is 12. The number of hydrogen-bond donors (Lipinski definition) is 0. The van der Waals surface area contributed by atoms with Crippen LogP contribution in [0, 0.1) is 0 Å². The first kappa shape index (κ1) is 42.9. The molecule has 0 aliphatic carbocycles. The maximum Gasteiger partial charge on any atom is 0.264 e. The molecule has 0 N–H and O–H groups in total. The van der Waals surface area contributed by atoms with Crippen LogP contribution in [0.25, 0.3) is 86.9 Å². The Bertz CT molecular complexity index is 4330. The topological polar surface area (TPSA) is 6.48 Å². The summed E-state index contributed by atoms with van der Waals surface area (Å²) in [5, 5.41) is 9.09. The van der Waals surface area contributed by atoms with Gasteiger partial charge in [0.05, 0.1) is 5.69 Å². The maximum atomic E-state index is 2.61. The van der Waals surface area contributed by atoms with Gasteiger partial charge in [-0.25, -0.2) is 0 Å². The summed E-state index contributed by atoms with van der Waals surface area (Å²) in [7, 11) is 0. The first-order valence-corrected chi connectivity index (χ1v) is 26.7. The van der Waals surface area contributed by atoms with Crippen molar-refractivity contribution >= 4 is 110 Å². The molecule has 0 fully saturated rings. The highest BCUT2D eigenvalue weighted by atomic mass is 32.1. The van der Waals surface area contributed by atoms with Gasteiger partial charge in [-0.05, 0) is 147 Å². The molecule has 0 spiro atoms. The van der Waals surface area contributed by atoms with Crippen LogP contribution in [0.1, 0.15) is 26.3 Å². The Labute approximate surface area is 436 Å². The van der Waals surface area contributed by atoms with Crippen molar-refractivity contribution in [1.29, 1.82) is 0 Å². The van der Waals surface area contributed by atoms with Crippen LogP contribution in [0.2, 0.25) is 0 Å². The van der Waals surface area contributed by atoms with Crippen LogP contribution >= 0.6 is 11.3 Å². The fraction of sp³-hybridized carbons (Fsp3) is 0.0571. The number of nitrogens with zero attached hydrogens (tertiary/aromatic N) is 2. The maximum absolute atomic E-state index is 2.61. The van der Waals surface area contributed by atoms with Gasteiger partial charge in [-0.3, -0.25) is 0 Å². The second kappa shape index (κ2) is 16.4. The summed E-state index contributed by atoms with van der Waals surface area (Å²) in [6.07, 6.45) is 0. The van der Waals surface area contributed by atoms with E-state index in [0.29, 0.717) is 0 Å². The number of rotatable bonds is 6. The van der Waals surface area contributed by atoms with Gasteiger partial charge in [0.1, 0.15) is 0 Å². The summed E-state index contributed by atoms with van der Waals surface area (Å²) in [4.78, 5) is 5.20. The highest BCUT2D eigenvalue weighted by molar-refractivity contribution is 7.34. The van der Waals surface area contributed by atoms with E-state index in [1.54, 1.807) is 0 Å². The normalized spacial score (nSPS) is 13.0. The lowest BCUT2D eigenvalue weighted by molar-refractivity contribution is 0.590. The lowest BCUT2D eigenvalue weighted by Crippen LogP contribution is -2.60. The smallest absolute Gasteiger partial charge is 0.264 e. The SMILES string of the molecule is CC(C)(C)c1cc2c3c(c1)N(c1ccc(-c4ccccc4)cc1)c1c(sc4c(-c5ccccc5)cccc14)B3c1ccc(-c3ccccc3)cc1N2c1ccc(-c2cc3cccc4ccc5cccc2c5c43)cc1. The fourth-order valence-electron chi connectivity index (χ4n) is 12.4. The van der Waals surface area contributed by atoms with Crippen molar-refractivity contribution in [2.24, 2.45) is 0 Å². The summed E-state index contributed by atoms with van der Waals surface area (Å²) >= 11 is 1.97. The second-order valence-electron chi connectivity index (χ2n) is 21.2. The molecule has 2 aliphatic rings. The Balaban J connectivity index is 0.996. The summed E-state index contributed by atoms with van der Waals surface area (Å²) in [5.41, 5.74) is 20.8. The van der Waals surface area contributed by atoms with Crippen LogP contribution in [-0.2, 0) is 5.41 Å². The van der Waals surface area contributed by atoms with Crippen molar-refractivity contribution in [3.8, 4) is 44.5 Å². The predicted molar refractivity (Wildman–Crippen MR) is 320 cm³/mol. The summed E-state index contributed by atoms with van der Waals surface area (Å²) in [6.45, 7) is 7.06. The van der Waals surface area contributed by atoms with Gasteiger partial charge in [-0.2, -0.15) is 0 Å². The molecule has 0 radical (unpaired) electrons. The van der Waals surface area contributed by atoms with Crippen LogP contribution in [0.3, 0.4) is 0 Å². The van der Waals surface area contributed by atoms with Crippen LogP contribution in [0.15, 0.2) is 243 Å². The molecule has 74 heavy (non-hydrogen) atoms. The number of thiophene rings is 1. The third kappa shape index (κ3) is 6.58. The Morgan fingerprint density at radius 1 is 0.378 bits per heavy atom. The van der Waals surface area contributed by atoms with Crippen LogP contribution in [-0.4, -0.2) is 6.71 Å². The Morgan fingerprint density at radius 2 is 0.905 bits per heavy atom. The molecule has 13 aromatic rings. The zero-order chi connectivity index (χ0) is 49.2. The van der Waals surface area contributed by atoms with Gasteiger partial charge in [0, 0.05) is 43.3 Å². The van der Waals surface area contributed by atoms with Crippen LogP contribution < -0.4 is 25.5 Å². The minimum atomic E-state index is -0.156. The van der Waals surface area contributed by atoms with E-state index in [4.69, 9.17) is 0 Å². The van der Waals surface area contributed by atoms with Gasteiger partial charge in [0.2, 0.25) is 0 Å². The van der Waals surface area contributed by atoms with Gasteiger partial charge < -0.3 is 9.80 Å². The first-order chi connectivity index (χ1) is 36.3. The molecule has 4 heteroatoms. The third-order valence-electron chi connectivity index (χ3n) is 15.9. The van der Waals surface area contributed by atoms with Gasteiger partial charge in [-0.15, -0.1) is 11.3 Å². The van der Waals surface area contributed by atoms with Crippen molar-refractivity contribution in [2.75, 3.05) is 9.80 Å². The van der Waals surface area contributed by atoms with Gasteiger partial charge >= 0.3 is 0 Å². The van der Waals surface area contributed by atoms with Crippen molar-refractivity contribution in [3.05, 3.63) is 248 Å². The Morgan fingerprint density at radius 3 is 1.59 bits per heavy atom. The molecule has 0 saturated heterocycles. The molecule has 0 bridgehead atoms. The van der Waals surface area contributed by atoms with E-state index in [-0.39, 0.29) is 12.1 Å². The quantitative estimate of drug-likeness (QED) is 0.121. The van der Waals surface area contributed by atoms with E-state index in [2.05, 4.69) is 273 Å². The molecule has 3 heterocycles. The molecule has 0 atom stereocenters. The summed E-state index contributed by atoms with van der Waals surface area (Å²) < 4.78 is 2.68. The van der Waals surface area contributed by atoms with E-state index in [9.17, 15) is 0 Å². The van der Waals surface area contributed by atoms with E-state index in [0.717, 1.165) is 11.4 Å². The molecule has 2 aliphatic heterocycles. The first-order valence-electron chi connectivity index (χ1n) is 25.9. The fourth-order valence-corrected chi connectivity index (χ4v) is 13.8. The van der Waals surface area contributed by atoms with Crippen LogP contribution in [0.4, 0.5) is 34.1 Å². The Hall–Kier alpha value is -8.70. The summed E-state index contributed by atoms with van der Waals surface area (Å²) in [6, 6.07) is 90.9. The molecule has 2 nitrogen and oxygen atoms in total. The van der Waals surface area contributed by atoms with Gasteiger partial charge in [0.25, 0.3) is 6.71 Å². The predicted octanol–water partition coefficient (Wildman–Crippen LogP) is 17.8. The zero-order valence-electron chi connectivity index (χ0n) is 41.5. The van der Waals surface area contributed by atoms with Gasteiger partial charge in [-0.1, -0.05) is 215 Å². The molecule has 15 rings (SSSR count). The minimum absolute atomic E-state index is 0.0177. The molecule has 0 amide bonds. The second-order valence-corrected chi connectivity index (χ2v) is 22.3. The van der Waals surface area contributed by atoms with Crippen LogP contribution in [0.5, 0.6) is 0 Å². The lowest BCUT2D eigenvalue weighted by atomic mass is 9.36. The van der Waals surface area contributed by atoms with E-state index < -0.39 is 0 Å². The molecule has 12 aromatic carbocycles. The van der Waals surface area contributed by atoms with E-state index in [1.807, 2.05) is 11.3 Å². The Kier molecular flexibility index (Phi) is 9.52. The average molecular weight is 961 g/mol. The molecular formula is C70H49BN2S. The molecule has 0 saturated carbocycles. The highest BCUT2D eigenvalue weighted by Gasteiger charge is 2.46. The lowest BCUT2D eigenvalue weighted by Gasteiger charge is -2.44. The number of anilines is 6. The average Bonchev–Trinajstić information content (AvgIpc) is 3.89. The number of hydrogen-bond acceptors (Lipinski definition) is 3. The van der Waals surface area contributed by atoms with Crippen molar-refractivity contribution in [1.82, 2.24) is 0 Å². The standard InChI is InChI=1S/C70H49BN2S/c1-70(2,3)53-42-62-66-63(43-53)73(55-35-30-46(31-36-55)44-16-7-4-8-17-44)67-58-27-15-25-56(47-20-11-6-12-21-47)68(58)74-69(67)71(66)60-39-34-51(45-18-9-5-10-19-45)41-61(60)72(62)54-37-32-48(33-38-54)59-40-52-24-13-22-49-28-29-50-23-14-26-57(59)65(50)64(49)52/h4-43H,1-3H3. The minimum Gasteiger partial charge on any atom is -0.311 e. The van der Waals surface area contributed by atoms with Crippen molar-refractivity contribution < 1.29 is 0 Å². The molecule has 0 unspecified atom stereocenters. The number of fused-ring (bicyclic) bond motifs is 6. The van der Waals surface area contributed by atoms with Crippen molar-refractivity contribution in [2.45, 2.75) is 26.2 Å². The molecule has 1 aromatic heterocycles.